The summed E-state index contributed by atoms with van der Waals surface area (Å²) in [5.74, 6) is -0.0505. The number of hydrogen-bond donors (Lipinski definition) is 1. The van der Waals surface area contributed by atoms with Gasteiger partial charge in [0, 0.05) is 5.56 Å². The fraction of sp³-hybridized carbons (Fsp3) is 0.438. The lowest BCUT2D eigenvalue weighted by molar-refractivity contribution is 0.103. The first-order chi connectivity index (χ1) is 10.3. The maximum absolute atomic E-state index is 12.5. The SMILES string of the molecule is CCc1cccc(C(=O)c2cn(C3CCNCC3)nn2)c1. The van der Waals surface area contributed by atoms with E-state index in [1.54, 1.807) is 6.20 Å². The first kappa shape index (κ1) is 13.9. The largest absolute Gasteiger partial charge is 0.317 e. The van der Waals surface area contributed by atoms with Crippen molar-refractivity contribution in [3.8, 4) is 0 Å². The van der Waals surface area contributed by atoms with Crippen LogP contribution in [0.25, 0.3) is 0 Å². The van der Waals surface area contributed by atoms with Gasteiger partial charge in [-0.2, -0.15) is 0 Å². The molecular weight excluding hydrogens is 264 g/mol. The van der Waals surface area contributed by atoms with Crippen molar-refractivity contribution in [2.45, 2.75) is 32.2 Å². The van der Waals surface area contributed by atoms with Crippen molar-refractivity contribution in [1.82, 2.24) is 20.3 Å². The smallest absolute Gasteiger partial charge is 0.214 e. The molecule has 1 aliphatic heterocycles. The molecule has 2 heterocycles. The van der Waals surface area contributed by atoms with Crippen molar-refractivity contribution in [3.05, 3.63) is 47.3 Å². The van der Waals surface area contributed by atoms with Gasteiger partial charge in [0.05, 0.1) is 12.2 Å². The van der Waals surface area contributed by atoms with Gasteiger partial charge in [0.15, 0.2) is 5.69 Å². The zero-order chi connectivity index (χ0) is 14.7. The molecule has 0 atom stereocenters. The molecule has 2 aromatic rings. The molecule has 5 heteroatoms. The topological polar surface area (TPSA) is 59.8 Å². The minimum absolute atomic E-state index is 0.0505. The molecule has 5 nitrogen and oxygen atoms in total. The summed E-state index contributed by atoms with van der Waals surface area (Å²) in [7, 11) is 0. The van der Waals surface area contributed by atoms with Gasteiger partial charge in [-0.05, 0) is 44.0 Å². The molecule has 1 N–H and O–H groups in total. The molecule has 1 fully saturated rings. The van der Waals surface area contributed by atoms with E-state index in [9.17, 15) is 4.79 Å². The highest BCUT2D eigenvalue weighted by atomic mass is 16.1. The van der Waals surface area contributed by atoms with E-state index >= 15 is 0 Å². The van der Waals surface area contributed by atoms with Crippen LogP contribution in [-0.4, -0.2) is 33.9 Å². The molecule has 0 aliphatic carbocycles. The Morgan fingerprint density at radius 2 is 2.19 bits per heavy atom. The minimum Gasteiger partial charge on any atom is -0.317 e. The third-order valence-corrected chi connectivity index (χ3v) is 4.02. The third-order valence-electron chi connectivity index (χ3n) is 4.02. The average molecular weight is 284 g/mol. The van der Waals surface area contributed by atoms with E-state index in [1.165, 1.54) is 0 Å². The van der Waals surface area contributed by atoms with Crippen molar-refractivity contribution in [2.75, 3.05) is 13.1 Å². The predicted octanol–water partition coefficient (Wildman–Crippen LogP) is 2.00. The van der Waals surface area contributed by atoms with Crippen LogP contribution in [0.4, 0.5) is 0 Å². The van der Waals surface area contributed by atoms with Crippen molar-refractivity contribution < 1.29 is 4.79 Å². The quantitative estimate of drug-likeness (QED) is 0.872. The molecule has 110 valence electrons. The Morgan fingerprint density at radius 1 is 1.38 bits per heavy atom. The van der Waals surface area contributed by atoms with E-state index < -0.39 is 0 Å². The number of aryl methyl sites for hydroxylation is 1. The standard InChI is InChI=1S/C16H20N4O/c1-2-12-4-3-5-13(10-12)16(21)15-11-20(19-18-15)14-6-8-17-9-7-14/h3-5,10-11,14,17H,2,6-9H2,1H3. The Kier molecular flexibility index (Phi) is 4.10. The van der Waals surface area contributed by atoms with Crippen LogP contribution in [0, 0.1) is 0 Å². The lowest BCUT2D eigenvalue weighted by Crippen LogP contribution is -2.29. The molecule has 3 rings (SSSR count). The summed E-state index contributed by atoms with van der Waals surface area (Å²) < 4.78 is 1.84. The number of nitrogens with one attached hydrogen (secondary N) is 1. The highest BCUT2D eigenvalue weighted by Gasteiger charge is 2.19. The number of piperidine rings is 1. The highest BCUT2D eigenvalue weighted by Crippen LogP contribution is 2.18. The van der Waals surface area contributed by atoms with E-state index in [1.807, 2.05) is 28.9 Å². The van der Waals surface area contributed by atoms with Gasteiger partial charge in [-0.1, -0.05) is 30.3 Å². The van der Waals surface area contributed by atoms with Crippen molar-refractivity contribution in [2.24, 2.45) is 0 Å². The van der Waals surface area contributed by atoms with E-state index in [-0.39, 0.29) is 5.78 Å². The Bertz CT molecular complexity index is 629. The van der Waals surface area contributed by atoms with E-state index in [0.717, 1.165) is 37.9 Å². The number of ketones is 1. The van der Waals surface area contributed by atoms with Crippen molar-refractivity contribution in [1.29, 1.82) is 0 Å². The monoisotopic (exact) mass is 284 g/mol. The number of nitrogens with zero attached hydrogens (tertiary/aromatic N) is 3. The fourth-order valence-electron chi connectivity index (χ4n) is 2.71. The van der Waals surface area contributed by atoms with Crippen LogP contribution in [0.2, 0.25) is 0 Å². The molecule has 0 saturated carbocycles. The molecule has 21 heavy (non-hydrogen) atoms. The second-order valence-electron chi connectivity index (χ2n) is 5.45. The maximum atomic E-state index is 12.5. The van der Waals surface area contributed by atoms with Crippen molar-refractivity contribution >= 4 is 5.78 Å². The van der Waals surface area contributed by atoms with Gasteiger partial charge in [0.2, 0.25) is 5.78 Å². The lowest BCUT2D eigenvalue weighted by atomic mass is 10.0. The van der Waals surface area contributed by atoms with Crippen LogP contribution in [0.15, 0.2) is 30.5 Å². The van der Waals surface area contributed by atoms with Gasteiger partial charge in [-0.15, -0.1) is 5.10 Å². The van der Waals surface area contributed by atoms with Crippen LogP contribution >= 0.6 is 0 Å². The molecular formula is C16H20N4O. The Labute approximate surface area is 124 Å². The van der Waals surface area contributed by atoms with Gasteiger partial charge < -0.3 is 5.32 Å². The summed E-state index contributed by atoms with van der Waals surface area (Å²) in [6.45, 7) is 4.07. The van der Waals surface area contributed by atoms with Gasteiger partial charge in [0.25, 0.3) is 0 Å². The van der Waals surface area contributed by atoms with Crippen LogP contribution in [0.3, 0.4) is 0 Å². The van der Waals surface area contributed by atoms with E-state index in [0.29, 0.717) is 17.3 Å². The Hall–Kier alpha value is -2.01. The zero-order valence-corrected chi connectivity index (χ0v) is 12.2. The van der Waals surface area contributed by atoms with Crippen molar-refractivity contribution in [3.63, 3.8) is 0 Å². The number of carbonyl (C=O) groups is 1. The van der Waals surface area contributed by atoms with E-state index in [4.69, 9.17) is 0 Å². The van der Waals surface area contributed by atoms with Crippen LogP contribution in [0.5, 0.6) is 0 Å². The second-order valence-corrected chi connectivity index (χ2v) is 5.45. The lowest BCUT2D eigenvalue weighted by Gasteiger charge is -2.22. The molecule has 0 radical (unpaired) electrons. The second kappa shape index (κ2) is 6.18. The zero-order valence-electron chi connectivity index (χ0n) is 12.2. The maximum Gasteiger partial charge on any atom is 0.214 e. The number of benzene rings is 1. The molecule has 0 unspecified atom stereocenters. The highest BCUT2D eigenvalue weighted by molar-refractivity contribution is 6.07. The summed E-state index contributed by atoms with van der Waals surface area (Å²) in [5.41, 5.74) is 2.28. The number of hydrogen-bond acceptors (Lipinski definition) is 4. The average Bonchev–Trinajstić information content (AvgIpc) is 3.05. The molecule has 0 spiro atoms. The van der Waals surface area contributed by atoms with Crippen LogP contribution < -0.4 is 5.32 Å². The van der Waals surface area contributed by atoms with Gasteiger partial charge in [-0.25, -0.2) is 4.68 Å². The first-order valence-electron chi connectivity index (χ1n) is 7.54. The predicted molar refractivity (Wildman–Crippen MR) is 80.4 cm³/mol. The van der Waals surface area contributed by atoms with Gasteiger partial charge in [0.1, 0.15) is 0 Å². The summed E-state index contributed by atoms with van der Waals surface area (Å²) in [4.78, 5) is 12.5. The summed E-state index contributed by atoms with van der Waals surface area (Å²) in [6, 6.07) is 8.07. The third kappa shape index (κ3) is 3.03. The minimum atomic E-state index is -0.0505. The van der Waals surface area contributed by atoms with Crippen LogP contribution in [0.1, 0.15) is 47.4 Å². The van der Waals surface area contributed by atoms with E-state index in [2.05, 4.69) is 22.6 Å². The summed E-state index contributed by atoms with van der Waals surface area (Å²) >= 11 is 0. The molecule has 0 bridgehead atoms. The normalized spacial score (nSPS) is 16.0. The molecule has 1 aromatic carbocycles. The number of rotatable bonds is 4. The van der Waals surface area contributed by atoms with Gasteiger partial charge in [-0.3, -0.25) is 4.79 Å². The number of aromatic nitrogens is 3. The molecule has 1 saturated heterocycles. The molecule has 1 aromatic heterocycles. The molecule has 0 amide bonds. The summed E-state index contributed by atoms with van der Waals surface area (Å²) in [5, 5.41) is 11.5. The van der Waals surface area contributed by atoms with Crippen LogP contribution in [-0.2, 0) is 6.42 Å². The number of carbonyl (C=O) groups excluding carboxylic acids is 1. The summed E-state index contributed by atoms with van der Waals surface area (Å²) in [6.07, 6.45) is 4.77. The van der Waals surface area contributed by atoms with Gasteiger partial charge >= 0.3 is 0 Å². The fourth-order valence-corrected chi connectivity index (χ4v) is 2.71. The first-order valence-corrected chi connectivity index (χ1v) is 7.54. The Morgan fingerprint density at radius 3 is 2.95 bits per heavy atom. The molecule has 1 aliphatic rings. The Balaban J connectivity index is 1.80.